The molecule has 3 heteroatoms. The molecule has 0 heterocycles. The van der Waals surface area contributed by atoms with E-state index < -0.39 is 7.04 Å². The summed E-state index contributed by atoms with van der Waals surface area (Å²) in [5, 5.41) is 0. The number of halogens is 1. The van der Waals surface area contributed by atoms with Gasteiger partial charge in [0, 0.05) is 6.04 Å². The van der Waals surface area contributed by atoms with Crippen LogP contribution in [-0.4, -0.2) is 7.04 Å². The van der Waals surface area contributed by atoms with E-state index in [0.29, 0.717) is 6.42 Å². The summed E-state index contributed by atoms with van der Waals surface area (Å²) in [5.74, 6) is -0.00813. The van der Waals surface area contributed by atoms with Crippen molar-refractivity contribution in [2.75, 3.05) is 7.04 Å². The Bertz CT molecular complexity index is 581. The summed E-state index contributed by atoms with van der Waals surface area (Å²) in [4.78, 5) is 0. The van der Waals surface area contributed by atoms with Crippen molar-refractivity contribution in [2.24, 2.45) is 5.73 Å². The second-order valence-electron chi connectivity index (χ2n) is 4.11. The molecule has 2 nitrogen and oxygen atoms in total. The average Bonchev–Trinajstić information content (AvgIpc) is 2.40. The molecule has 0 saturated carbocycles. The van der Waals surface area contributed by atoms with Crippen LogP contribution in [0.3, 0.4) is 0 Å². The number of rotatable bonds is 4. The summed E-state index contributed by atoms with van der Waals surface area (Å²) in [7, 11) is -2.46. The van der Waals surface area contributed by atoms with Crippen LogP contribution in [0.25, 0.3) is 0 Å². The third kappa shape index (κ3) is 3.08. The van der Waals surface area contributed by atoms with Crippen LogP contribution in [0.2, 0.25) is 0 Å². The van der Waals surface area contributed by atoms with E-state index in [1.807, 2.05) is 0 Å². The first-order chi connectivity index (χ1) is 9.83. The molecule has 1 unspecified atom stereocenters. The summed E-state index contributed by atoms with van der Waals surface area (Å²) in [6.07, 6.45) is 0.569. The Balaban J connectivity index is 2.02. The van der Waals surface area contributed by atoms with E-state index in [4.69, 9.17) is 14.6 Å². The van der Waals surface area contributed by atoms with E-state index in [1.165, 1.54) is 12.1 Å². The highest BCUT2D eigenvalue weighted by Crippen LogP contribution is 2.19. The van der Waals surface area contributed by atoms with Gasteiger partial charge in [-0.05, 0) is 41.8 Å². The molecule has 94 valence electrons. The van der Waals surface area contributed by atoms with Gasteiger partial charge >= 0.3 is 0 Å². The number of hydrogen-bond acceptors (Lipinski definition) is 2. The Morgan fingerprint density at radius 2 is 1.83 bits per heavy atom. The number of benzene rings is 2. The van der Waals surface area contributed by atoms with Gasteiger partial charge in [0.05, 0.1) is 11.2 Å². The maximum atomic E-state index is 12.8. The fourth-order valence-corrected chi connectivity index (χ4v) is 1.78. The van der Waals surface area contributed by atoms with Crippen molar-refractivity contribution in [1.82, 2.24) is 0 Å². The van der Waals surface area contributed by atoms with Crippen LogP contribution < -0.4 is 10.5 Å². The smallest absolute Gasteiger partial charge is 0.123 e. The molecule has 0 spiro atoms. The number of ether oxygens (including phenoxy) is 1. The maximum Gasteiger partial charge on any atom is 0.123 e. The normalized spacial score (nSPS) is 15.3. The molecular weight excluding hydrogens is 229 g/mol. The minimum absolute atomic E-state index is 0.253. The largest absolute Gasteiger partial charge is 0.497 e. The van der Waals surface area contributed by atoms with Gasteiger partial charge < -0.3 is 10.5 Å². The molecule has 0 saturated heterocycles. The van der Waals surface area contributed by atoms with Gasteiger partial charge in [0.25, 0.3) is 0 Å². The van der Waals surface area contributed by atoms with Crippen LogP contribution in [0.15, 0.2) is 48.5 Å². The van der Waals surface area contributed by atoms with Crippen LogP contribution in [0.5, 0.6) is 5.75 Å². The lowest BCUT2D eigenvalue weighted by molar-refractivity contribution is 0.414. The van der Waals surface area contributed by atoms with E-state index >= 15 is 0 Å². The van der Waals surface area contributed by atoms with E-state index in [1.54, 1.807) is 36.4 Å². The molecule has 0 aliphatic rings. The van der Waals surface area contributed by atoms with Crippen LogP contribution in [-0.2, 0) is 6.42 Å². The molecule has 2 N–H and O–H groups in total. The zero-order valence-electron chi connectivity index (χ0n) is 12.8. The minimum Gasteiger partial charge on any atom is -0.497 e. The van der Waals surface area contributed by atoms with Crippen LogP contribution in [0.1, 0.15) is 21.3 Å². The summed E-state index contributed by atoms with van der Waals surface area (Å²) in [5.41, 5.74) is 7.89. The van der Waals surface area contributed by atoms with Crippen molar-refractivity contribution in [1.29, 1.82) is 0 Å². The van der Waals surface area contributed by atoms with Crippen molar-refractivity contribution in [3.63, 3.8) is 0 Å². The summed E-state index contributed by atoms with van der Waals surface area (Å²) in [6, 6.07) is 12.5. The maximum absolute atomic E-state index is 12.8. The molecule has 0 aliphatic heterocycles. The highest BCUT2D eigenvalue weighted by atomic mass is 19.1. The van der Waals surface area contributed by atoms with Crippen LogP contribution in [0, 0.1) is 5.82 Å². The fraction of sp³-hybridized carbons (Fsp3) is 0.200. The third-order valence-corrected chi connectivity index (χ3v) is 2.79. The standard InChI is InChI=1S/C15H16FNO/c1-18-14-8-4-12(5-9-14)15(17)10-11-2-6-13(16)7-3-11/h2-9,15H,10,17H2,1H3/i1D3. The van der Waals surface area contributed by atoms with Gasteiger partial charge in [-0.2, -0.15) is 0 Å². The molecule has 1 atom stereocenters. The Morgan fingerprint density at radius 1 is 1.17 bits per heavy atom. The summed E-state index contributed by atoms with van der Waals surface area (Å²) >= 11 is 0. The first-order valence-corrected chi connectivity index (χ1v) is 5.62. The monoisotopic (exact) mass is 248 g/mol. The molecule has 0 aromatic heterocycles. The van der Waals surface area contributed by atoms with Crippen molar-refractivity contribution in [3.05, 3.63) is 65.5 Å². The molecule has 2 rings (SSSR count). The number of nitrogens with two attached hydrogens (primary N) is 1. The van der Waals surface area contributed by atoms with Gasteiger partial charge in [0.1, 0.15) is 11.6 Å². The third-order valence-electron chi connectivity index (χ3n) is 2.79. The highest BCUT2D eigenvalue weighted by molar-refractivity contribution is 5.30. The minimum atomic E-state index is -2.46. The predicted octanol–water partition coefficient (Wildman–Crippen LogP) is 3.08. The summed E-state index contributed by atoms with van der Waals surface area (Å²) < 4.78 is 38.7. The van der Waals surface area contributed by atoms with Crippen LogP contribution in [0.4, 0.5) is 4.39 Å². The lowest BCUT2D eigenvalue weighted by atomic mass is 10.00. The molecule has 18 heavy (non-hydrogen) atoms. The van der Waals surface area contributed by atoms with Crippen molar-refractivity contribution < 1.29 is 13.2 Å². The van der Waals surface area contributed by atoms with Gasteiger partial charge in [-0.25, -0.2) is 4.39 Å². The number of hydrogen-bond donors (Lipinski definition) is 1. The lowest BCUT2D eigenvalue weighted by Crippen LogP contribution is -2.13. The molecule has 0 amide bonds. The Morgan fingerprint density at radius 3 is 2.44 bits per heavy atom. The summed E-state index contributed by atoms with van der Waals surface area (Å²) in [6.45, 7) is 0. The molecule has 0 aliphatic carbocycles. The Kier molecular flexibility index (Phi) is 2.86. The lowest BCUT2D eigenvalue weighted by Gasteiger charge is -2.12. The quantitative estimate of drug-likeness (QED) is 0.902. The first-order valence-electron chi connectivity index (χ1n) is 7.12. The second kappa shape index (κ2) is 5.65. The van der Waals surface area contributed by atoms with Gasteiger partial charge in [0.2, 0.25) is 0 Å². The van der Waals surface area contributed by atoms with Gasteiger partial charge in [0.15, 0.2) is 0 Å². The molecular formula is C15H16FNO. The molecule has 2 aromatic carbocycles. The number of methoxy groups -OCH3 is 1. The average molecular weight is 248 g/mol. The Labute approximate surface area is 110 Å². The Hall–Kier alpha value is -1.87. The molecule has 0 bridgehead atoms. The van der Waals surface area contributed by atoms with E-state index in [0.717, 1.165) is 11.1 Å². The molecule has 0 fully saturated rings. The zero-order chi connectivity index (χ0) is 15.5. The zero-order valence-corrected chi connectivity index (χ0v) is 9.77. The van der Waals surface area contributed by atoms with E-state index in [9.17, 15) is 4.39 Å². The van der Waals surface area contributed by atoms with Crippen molar-refractivity contribution in [3.8, 4) is 5.75 Å². The highest BCUT2D eigenvalue weighted by Gasteiger charge is 2.07. The van der Waals surface area contributed by atoms with Crippen molar-refractivity contribution in [2.45, 2.75) is 12.5 Å². The fourth-order valence-electron chi connectivity index (χ4n) is 1.78. The predicted molar refractivity (Wildman–Crippen MR) is 70.0 cm³/mol. The SMILES string of the molecule is [2H]C([2H])([2H])Oc1ccc(C(N)Cc2ccc(F)cc2)cc1. The van der Waals surface area contributed by atoms with Crippen LogP contribution >= 0.6 is 0 Å². The van der Waals surface area contributed by atoms with Gasteiger partial charge in [-0.15, -0.1) is 0 Å². The van der Waals surface area contributed by atoms with Gasteiger partial charge in [-0.3, -0.25) is 0 Å². The first kappa shape index (κ1) is 9.11. The van der Waals surface area contributed by atoms with E-state index in [2.05, 4.69) is 0 Å². The molecule has 0 radical (unpaired) electrons. The van der Waals surface area contributed by atoms with Gasteiger partial charge in [-0.1, -0.05) is 24.3 Å². The second-order valence-corrected chi connectivity index (χ2v) is 4.11. The topological polar surface area (TPSA) is 35.2 Å². The van der Waals surface area contributed by atoms with Crippen molar-refractivity contribution >= 4 is 0 Å². The van der Waals surface area contributed by atoms with E-state index in [-0.39, 0.29) is 17.6 Å². The molecule has 2 aromatic rings.